The lowest BCUT2D eigenvalue weighted by Crippen LogP contribution is -1.92. The van der Waals surface area contributed by atoms with E-state index in [9.17, 15) is 4.79 Å². The second kappa shape index (κ2) is 3.81. The molecule has 0 aliphatic carbocycles. The van der Waals surface area contributed by atoms with Crippen molar-refractivity contribution in [2.45, 2.75) is 13.8 Å². The van der Waals surface area contributed by atoms with Crippen molar-refractivity contribution in [1.29, 1.82) is 0 Å². The van der Waals surface area contributed by atoms with Crippen LogP contribution in [-0.4, -0.2) is 16.5 Å². The minimum absolute atomic E-state index is 0.421. The van der Waals surface area contributed by atoms with Crippen LogP contribution in [0.5, 0.6) is 0 Å². The molecule has 4 heteroatoms. The van der Waals surface area contributed by atoms with Gasteiger partial charge < -0.3 is 5.73 Å². The van der Waals surface area contributed by atoms with Crippen LogP contribution in [0.4, 0.5) is 5.82 Å². The molecule has 0 radical (unpaired) electrons. The van der Waals surface area contributed by atoms with Gasteiger partial charge in [-0.25, -0.2) is 0 Å². The molecule has 0 fully saturated rings. The second-order valence-corrected chi connectivity index (χ2v) is 3.85. The van der Waals surface area contributed by atoms with Crippen LogP contribution in [0.15, 0.2) is 18.2 Å². The van der Waals surface area contributed by atoms with Gasteiger partial charge in [-0.2, -0.15) is 5.10 Å². The first-order chi connectivity index (χ1) is 7.61. The number of anilines is 1. The summed E-state index contributed by atoms with van der Waals surface area (Å²) in [5.74, 6) is 0.421. The first-order valence-electron chi connectivity index (χ1n) is 4.99. The lowest BCUT2D eigenvalue weighted by Gasteiger charge is -2.06. The maximum atomic E-state index is 11.0. The van der Waals surface area contributed by atoms with Gasteiger partial charge in [0.2, 0.25) is 0 Å². The fourth-order valence-corrected chi connectivity index (χ4v) is 1.64. The van der Waals surface area contributed by atoms with Crippen molar-refractivity contribution in [3.8, 4) is 11.3 Å². The molecule has 0 saturated heterocycles. The standard InChI is InChI=1S/C12H13N3O/c1-7-3-9(6-16)10(4-8(7)2)11-5-12(13)15-14-11/h3-6H,1-2H3,(H3,13,14,15). The number of nitrogen functional groups attached to an aromatic ring is 1. The second-order valence-electron chi connectivity index (χ2n) is 3.85. The Bertz CT molecular complexity index is 543. The highest BCUT2D eigenvalue weighted by Crippen LogP contribution is 2.25. The number of aldehydes is 1. The number of benzene rings is 1. The number of carbonyl (C=O) groups excluding carboxylic acids is 1. The largest absolute Gasteiger partial charge is 0.382 e. The third-order valence-electron chi connectivity index (χ3n) is 2.68. The maximum absolute atomic E-state index is 11.0. The molecule has 0 saturated carbocycles. The first kappa shape index (κ1) is 10.4. The summed E-state index contributed by atoms with van der Waals surface area (Å²) in [6.07, 6.45) is 0.846. The number of aryl methyl sites for hydroxylation is 2. The molecule has 16 heavy (non-hydrogen) atoms. The number of nitrogens with one attached hydrogen (secondary N) is 1. The van der Waals surface area contributed by atoms with Gasteiger partial charge in [0.25, 0.3) is 0 Å². The van der Waals surface area contributed by atoms with Gasteiger partial charge in [-0.3, -0.25) is 9.89 Å². The van der Waals surface area contributed by atoms with Gasteiger partial charge in [0.05, 0.1) is 5.69 Å². The molecule has 0 spiro atoms. The van der Waals surface area contributed by atoms with Crippen molar-refractivity contribution in [3.05, 3.63) is 34.9 Å². The Hall–Kier alpha value is -2.10. The summed E-state index contributed by atoms with van der Waals surface area (Å²) < 4.78 is 0. The lowest BCUT2D eigenvalue weighted by molar-refractivity contribution is 0.112. The third kappa shape index (κ3) is 1.69. The molecule has 3 N–H and O–H groups in total. The SMILES string of the molecule is Cc1cc(C=O)c(-c2cc(N)n[nH]2)cc1C. The van der Waals surface area contributed by atoms with Gasteiger partial charge in [0.1, 0.15) is 5.82 Å². The molecule has 2 aromatic rings. The van der Waals surface area contributed by atoms with E-state index in [-0.39, 0.29) is 0 Å². The number of hydrogen-bond acceptors (Lipinski definition) is 3. The lowest BCUT2D eigenvalue weighted by atomic mass is 9.98. The summed E-state index contributed by atoms with van der Waals surface area (Å²) in [4.78, 5) is 11.0. The van der Waals surface area contributed by atoms with Crippen LogP contribution in [0.25, 0.3) is 11.3 Å². The monoisotopic (exact) mass is 215 g/mol. The minimum Gasteiger partial charge on any atom is -0.382 e. The molecule has 82 valence electrons. The topological polar surface area (TPSA) is 71.8 Å². The summed E-state index contributed by atoms with van der Waals surface area (Å²) in [5, 5.41) is 6.67. The Morgan fingerprint density at radius 1 is 1.25 bits per heavy atom. The Balaban J connectivity index is 2.63. The van der Waals surface area contributed by atoms with E-state index >= 15 is 0 Å². The molecular formula is C12H13N3O. The molecule has 1 heterocycles. The van der Waals surface area contributed by atoms with Crippen molar-refractivity contribution >= 4 is 12.1 Å². The van der Waals surface area contributed by atoms with Crippen LogP contribution in [0.3, 0.4) is 0 Å². The number of H-pyrrole nitrogens is 1. The van der Waals surface area contributed by atoms with Gasteiger partial charge >= 0.3 is 0 Å². The fourth-order valence-electron chi connectivity index (χ4n) is 1.64. The molecule has 0 unspecified atom stereocenters. The molecule has 0 bridgehead atoms. The van der Waals surface area contributed by atoms with Crippen LogP contribution >= 0.6 is 0 Å². The number of nitrogens with two attached hydrogens (primary N) is 1. The van der Waals surface area contributed by atoms with Gasteiger partial charge in [-0.15, -0.1) is 0 Å². The van der Waals surface area contributed by atoms with Crippen molar-refractivity contribution in [3.63, 3.8) is 0 Å². The van der Waals surface area contributed by atoms with Crippen molar-refractivity contribution < 1.29 is 4.79 Å². The van der Waals surface area contributed by atoms with E-state index in [2.05, 4.69) is 10.2 Å². The highest BCUT2D eigenvalue weighted by molar-refractivity contribution is 5.87. The molecule has 0 atom stereocenters. The Labute approximate surface area is 93.5 Å². The van der Waals surface area contributed by atoms with Crippen LogP contribution < -0.4 is 5.73 Å². The van der Waals surface area contributed by atoms with E-state index in [0.29, 0.717) is 11.4 Å². The zero-order chi connectivity index (χ0) is 11.7. The molecule has 0 aliphatic rings. The van der Waals surface area contributed by atoms with E-state index in [4.69, 9.17) is 5.73 Å². The highest BCUT2D eigenvalue weighted by atomic mass is 16.1. The van der Waals surface area contributed by atoms with E-state index in [1.54, 1.807) is 6.07 Å². The van der Waals surface area contributed by atoms with E-state index in [1.165, 1.54) is 0 Å². The molecule has 4 nitrogen and oxygen atoms in total. The Morgan fingerprint density at radius 3 is 2.50 bits per heavy atom. The van der Waals surface area contributed by atoms with Crippen LogP contribution in [0.1, 0.15) is 21.5 Å². The summed E-state index contributed by atoms with van der Waals surface area (Å²) in [6, 6.07) is 5.55. The number of aromatic nitrogens is 2. The van der Waals surface area contributed by atoms with E-state index in [0.717, 1.165) is 28.7 Å². The van der Waals surface area contributed by atoms with Crippen LogP contribution in [0.2, 0.25) is 0 Å². The maximum Gasteiger partial charge on any atom is 0.150 e. The van der Waals surface area contributed by atoms with Gasteiger partial charge in [0, 0.05) is 17.2 Å². The third-order valence-corrected chi connectivity index (χ3v) is 2.68. The minimum atomic E-state index is 0.421. The fraction of sp³-hybridized carbons (Fsp3) is 0.167. The Kier molecular flexibility index (Phi) is 2.48. The average Bonchev–Trinajstić information content (AvgIpc) is 2.68. The summed E-state index contributed by atoms with van der Waals surface area (Å²) in [5.41, 5.74) is 10.0. The number of nitrogens with zero attached hydrogens (tertiary/aromatic N) is 1. The van der Waals surface area contributed by atoms with Crippen molar-refractivity contribution in [2.75, 3.05) is 5.73 Å². The van der Waals surface area contributed by atoms with Gasteiger partial charge in [0.15, 0.2) is 6.29 Å². The van der Waals surface area contributed by atoms with Gasteiger partial charge in [-0.05, 0) is 37.1 Å². The zero-order valence-electron chi connectivity index (χ0n) is 9.24. The van der Waals surface area contributed by atoms with Crippen molar-refractivity contribution in [2.24, 2.45) is 0 Å². The zero-order valence-corrected chi connectivity index (χ0v) is 9.24. The molecule has 1 aromatic heterocycles. The predicted octanol–water partition coefficient (Wildman–Crippen LogP) is 2.09. The number of hydrogen-bond donors (Lipinski definition) is 2. The summed E-state index contributed by atoms with van der Waals surface area (Å²) >= 11 is 0. The number of carbonyl (C=O) groups is 1. The number of aromatic amines is 1. The molecule has 0 amide bonds. The van der Waals surface area contributed by atoms with Gasteiger partial charge in [-0.1, -0.05) is 0 Å². The molecule has 0 aliphatic heterocycles. The Morgan fingerprint density at radius 2 is 1.94 bits per heavy atom. The first-order valence-corrected chi connectivity index (χ1v) is 4.99. The average molecular weight is 215 g/mol. The van der Waals surface area contributed by atoms with E-state index in [1.807, 2.05) is 26.0 Å². The van der Waals surface area contributed by atoms with Crippen LogP contribution in [-0.2, 0) is 0 Å². The van der Waals surface area contributed by atoms with E-state index < -0.39 is 0 Å². The predicted molar refractivity (Wildman–Crippen MR) is 63.3 cm³/mol. The molecule has 2 rings (SSSR count). The molecule has 1 aromatic carbocycles. The quantitative estimate of drug-likeness (QED) is 0.753. The molecular weight excluding hydrogens is 202 g/mol. The van der Waals surface area contributed by atoms with Crippen LogP contribution in [0, 0.1) is 13.8 Å². The summed E-state index contributed by atoms with van der Waals surface area (Å²) in [6.45, 7) is 3.99. The normalized spacial score (nSPS) is 10.4. The smallest absolute Gasteiger partial charge is 0.150 e. The number of rotatable bonds is 2. The summed E-state index contributed by atoms with van der Waals surface area (Å²) in [7, 11) is 0. The highest BCUT2D eigenvalue weighted by Gasteiger charge is 2.09. The van der Waals surface area contributed by atoms with Crippen molar-refractivity contribution in [1.82, 2.24) is 10.2 Å².